The summed E-state index contributed by atoms with van der Waals surface area (Å²) in [5, 5.41) is 5.13. The van der Waals surface area contributed by atoms with E-state index in [9.17, 15) is 9.59 Å². The normalized spacial score (nSPS) is 19.4. The van der Waals surface area contributed by atoms with Crippen molar-refractivity contribution in [2.75, 3.05) is 0 Å². The molecule has 2 aliphatic carbocycles. The minimum Gasteiger partial charge on any atom is -0.342 e. The molecule has 0 saturated heterocycles. The monoisotopic (exact) mass is 466 g/mol. The van der Waals surface area contributed by atoms with Crippen LogP contribution in [0.3, 0.4) is 0 Å². The van der Waals surface area contributed by atoms with Gasteiger partial charge in [-0.1, -0.05) is 36.6 Å². The van der Waals surface area contributed by atoms with Gasteiger partial charge in [0, 0.05) is 37.9 Å². The summed E-state index contributed by atoms with van der Waals surface area (Å²) in [5.41, 5.74) is 11.7. The number of fused-ring (bicyclic) bond motifs is 2. The first-order valence-corrected chi connectivity index (χ1v) is 12.0. The van der Waals surface area contributed by atoms with Crippen LogP contribution in [0.5, 0.6) is 0 Å². The molecule has 1 fully saturated rings. The van der Waals surface area contributed by atoms with Gasteiger partial charge in [0.2, 0.25) is 0 Å². The van der Waals surface area contributed by atoms with Crippen molar-refractivity contribution in [1.82, 2.24) is 4.57 Å². The highest BCUT2D eigenvalue weighted by Gasteiger charge is 2.37. The zero-order valence-corrected chi connectivity index (χ0v) is 19.8. The van der Waals surface area contributed by atoms with E-state index in [2.05, 4.69) is 29.9 Å². The topological polar surface area (TPSA) is 87.8 Å². The highest BCUT2D eigenvalue weighted by atomic mass is 35.5. The number of aryl methyl sites for hydroxylation is 1. The first-order chi connectivity index (χ1) is 15.2. The molecule has 0 aliphatic heterocycles. The summed E-state index contributed by atoms with van der Waals surface area (Å²) < 4.78 is 2.01. The molecule has 1 unspecified atom stereocenters. The zero-order valence-electron chi connectivity index (χ0n) is 18.2. The lowest BCUT2D eigenvalue weighted by Gasteiger charge is -2.35. The van der Waals surface area contributed by atoms with Crippen LogP contribution in [0, 0.1) is 5.41 Å². The van der Waals surface area contributed by atoms with Gasteiger partial charge in [0.05, 0.1) is 22.1 Å². The maximum Gasteiger partial charge on any atom is 0.200 e. The third-order valence-corrected chi connectivity index (χ3v) is 8.40. The molecule has 2 aromatic heterocycles. The van der Waals surface area contributed by atoms with Crippen molar-refractivity contribution < 1.29 is 4.79 Å². The highest BCUT2D eigenvalue weighted by molar-refractivity contribution is 7.15. The van der Waals surface area contributed by atoms with Crippen molar-refractivity contribution in [2.45, 2.75) is 58.5 Å². The molecule has 0 N–H and O–H groups in total. The van der Waals surface area contributed by atoms with Gasteiger partial charge in [0.25, 0.3) is 0 Å². The summed E-state index contributed by atoms with van der Waals surface area (Å²) in [6, 6.07) is 5.86. The minimum absolute atomic E-state index is 0.107. The molecule has 2 heterocycles. The lowest BCUT2D eigenvalue weighted by atomic mass is 9.74. The number of ketones is 1. The largest absolute Gasteiger partial charge is 0.342 e. The second-order valence-corrected chi connectivity index (χ2v) is 10.9. The number of pyridine rings is 1. The molecule has 1 aromatic carbocycles. The standard InChI is InChI=1S/C24H23ClN4O2S/c1-12(30)17-11-29(14-4-5-14)20-16(21(17)31)7-6-15(19(20)25)18-10-13-8-9-24(2,3)23(27-28-26)22(13)32-18/h6-7,10-11,14,23H,4-5,8-9H2,1-3H3. The van der Waals surface area contributed by atoms with Crippen molar-refractivity contribution in [3.8, 4) is 10.4 Å². The summed E-state index contributed by atoms with van der Waals surface area (Å²) >= 11 is 8.57. The average molecular weight is 467 g/mol. The number of benzene rings is 1. The predicted molar refractivity (Wildman–Crippen MR) is 129 cm³/mol. The lowest BCUT2D eigenvalue weighted by Crippen LogP contribution is -2.25. The number of nitrogens with zero attached hydrogens (tertiary/aromatic N) is 4. The van der Waals surface area contributed by atoms with Crippen molar-refractivity contribution in [3.05, 3.63) is 66.1 Å². The first-order valence-electron chi connectivity index (χ1n) is 10.8. The van der Waals surface area contributed by atoms with Crippen LogP contribution in [0.25, 0.3) is 31.8 Å². The van der Waals surface area contributed by atoms with Crippen LogP contribution < -0.4 is 5.43 Å². The third-order valence-electron chi connectivity index (χ3n) is 6.75. The van der Waals surface area contributed by atoms with E-state index < -0.39 is 0 Å². The van der Waals surface area contributed by atoms with E-state index in [1.165, 1.54) is 12.5 Å². The average Bonchev–Trinajstić information content (AvgIpc) is 3.49. The Labute approximate surface area is 194 Å². The van der Waals surface area contributed by atoms with Crippen LogP contribution in [0.4, 0.5) is 0 Å². The molecular weight excluding hydrogens is 444 g/mol. The molecule has 5 rings (SSSR count). The van der Waals surface area contributed by atoms with Gasteiger partial charge in [-0.3, -0.25) is 9.59 Å². The highest BCUT2D eigenvalue weighted by Crippen LogP contribution is 2.51. The van der Waals surface area contributed by atoms with Crippen LogP contribution in [-0.4, -0.2) is 10.4 Å². The maximum atomic E-state index is 13.0. The summed E-state index contributed by atoms with van der Waals surface area (Å²) in [6.07, 6.45) is 5.56. The molecule has 0 bridgehead atoms. The molecule has 8 heteroatoms. The maximum absolute atomic E-state index is 13.0. The smallest absolute Gasteiger partial charge is 0.200 e. The number of Topliss-reactive ketones (excluding diaryl/α,β-unsaturated/α-hetero) is 1. The second-order valence-electron chi connectivity index (χ2n) is 9.49. The predicted octanol–water partition coefficient (Wildman–Crippen LogP) is 7.24. The van der Waals surface area contributed by atoms with Gasteiger partial charge in [0.15, 0.2) is 11.2 Å². The van der Waals surface area contributed by atoms with Crippen LogP contribution >= 0.6 is 22.9 Å². The fraction of sp³-hybridized carbons (Fsp3) is 0.417. The number of rotatable bonds is 4. The van der Waals surface area contributed by atoms with Gasteiger partial charge in [-0.15, -0.1) is 11.3 Å². The number of hydrogen-bond donors (Lipinski definition) is 0. The Kier molecular flexibility index (Phi) is 4.97. The van der Waals surface area contributed by atoms with E-state index in [0.717, 1.165) is 41.0 Å². The summed E-state index contributed by atoms with van der Waals surface area (Å²) in [7, 11) is 0. The molecule has 1 atom stereocenters. The number of thiophene rings is 1. The van der Waals surface area contributed by atoms with Gasteiger partial charge < -0.3 is 4.57 Å². The van der Waals surface area contributed by atoms with Gasteiger partial charge in [-0.25, -0.2) is 0 Å². The lowest BCUT2D eigenvalue weighted by molar-refractivity contribution is 0.101. The summed E-state index contributed by atoms with van der Waals surface area (Å²) in [6.45, 7) is 5.70. The molecule has 164 valence electrons. The summed E-state index contributed by atoms with van der Waals surface area (Å²) in [5.74, 6) is -0.232. The van der Waals surface area contributed by atoms with E-state index >= 15 is 0 Å². The quantitative estimate of drug-likeness (QED) is 0.175. The van der Waals surface area contributed by atoms with Gasteiger partial charge in [-0.2, -0.15) is 0 Å². The molecule has 3 aromatic rings. The van der Waals surface area contributed by atoms with Crippen LogP contribution in [0.1, 0.15) is 72.9 Å². The van der Waals surface area contributed by atoms with Crippen molar-refractivity contribution in [2.24, 2.45) is 10.5 Å². The number of aromatic nitrogens is 1. The van der Waals surface area contributed by atoms with Gasteiger partial charge >= 0.3 is 0 Å². The molecule has 32 heavy (non-hydrogen) atoms. The number of hydrogen-bond acceptors (Lipinski definition) is 4. The minimum atomic E-state index is -0.270. The first kappa shape index (κ1) is 21.3. The summed E-state index contributed by atoms with van der Waals surface area (Å²) in [4.78, 5) is 30.2. The van der Waals surface area contributed by atoms with Crippen molar-refractivity contribution in [3.63, 3.8) is 0 Å². The molecule has 6 nitrogen and oxygen atoms in total. The van der Waals surface area contributed by atoms with E-state index in [1.54, 1.807) is 23.6 Å². The Balaban J connectivity index is 1.72. The number of carbonyl (C=O) groups is 1. The van der Waals surface area contributed by atoms with Crippen molar-refractivity contribution >= 4 is 39.6 Å². The fourth-order valence-electron chi connectivity index (χ4n) is 4.70. The second kappa shape index (κ2) is 7.48. The Morgan fingerprint density at radius 3 is 2.75 bits per heavy atom. The van der Waals surface area contributed by atoms with Gasteiger partial charge in [0.1, 0.15) is 0 Å². The Morgan fingerprint density at radius 1 is 1.34 bits per heavy atom. The molecule has 2 aliphatic rings. The Morgan fingerprint density at radius 2 is 2.09 bits per heavy atom. The molecule has 1 saturated carbocycles. The number of halogens is 1. The van der Waals surface area contributed by atoms with Crippen LogP contribution in [0.2, 0.25) is 5.02 Å². The van der Waals surface area contributed by atoms with Gasteiger partial charge in [-0.05, 0) is 61.2 Å². The fourth-order valence-corrected chi connectivity index (χ4v) is 6.61. The molecule has 0 amide bonds. The molecule has 0 spiro atoms. The molecule has 0 radical (unpaired) electrons. The van der Waals surface area contributed by atoms with E-state index in [-0.39, 0.29) is 34.3 Å². The number of carbonyl (C=O) groups excluding carboxylic acids is 1. The van der Waals surface area contributed by atoms with E-state index in [0.29, 0.717) is 15.9 Å². The SMILES string of the molecule is CC(=O)c1cn(C2CC2)c2c(Cl)c(-c3cc4c(s3)C(N=[N+]=[N-])C(C)(C)CC4)ccc2c1=O. The third kappa shape index (κ3) is 3.27. The Hall–Kier alpha value is -2.60. The molecular formula is C24H23ClN4O2S. The van der Waals surface area contributed by atoms with Crippen LogP contribution in [0.15, 0.2) is 34.3 Å². The van der Waals surface area contributed by atoms with Crippen molar-refractivity contribution in [1.29, 1.82) is 0 Å². The van der Waals surface area contributed by atoms with Crippen LogP contribution in [-0.2, 0) is 6.42 Å². The van der Waals surface area contributed by atoms with E-state index in [4.69, 9.17) is 17.1 Å². The van der Waals surface area contributed by atoms with E-state index in [1.807, 2.05) is 10.6 Å². The Bertz CT molecular complexity index is 1390. The number of azide groups is 1. The zero-order chi connectivity index (χ0) is 22.8.